The van der Waals surface area contributed by atoms with Gasteiger partial charge in [0.15, 0.2) is 0 Å². The van der Waals surface area contributed by atoms with Crippen molar-refractivity contribution in [3.05, 3.63) is 23.8 Å². The summed E-state index contributed by atoms with van der Waals surface area (Å²) in [6, 6.07) is 3.95. The van der Waals surface area contributed by atoms with Gasteiger partial charge in [0, 0.05) is 0 Å². The maximum Gasteiger partial charge on any atom is 0.294 e. The van der Waals surface area contributed by atoms with Gasteiger partial charge in [-0.25, -0.2) is 0 Å². The molecular weight excluding hydrogens is 240 g/mol. The summed E-state index contributed by atoms with van der Waals surface area (Å²) in [7, 11) is -4.19. The summed E-state index contributed by atoms with van der Waals surface area (Å²) in [6.45, 7) is 0. The molecule has 1 aliphatic rings. The van der Waals surface area contributed by atoms with E-state index in [9.17, 15) is 13.5 Å². The number of hydrogen-bond acceptors (Lipinski definition) is 3. The van der Waals surface area contributed by atoms with Crippen LogP contribution in [0.15, 0.2) is 23.1 Å². The minimum absolute atomic E-state index is 0.115. The summed E-state index contributed by atoms with van der Waals surface area (Å²) in [5.41, 5.74) is 0.639. The second-order valence-electron chi connectivity index (χ2n) is 4.53. The van der Waals surface area contributed by atoms with Gasteiger partial charge in [0.2, 0.25) is 0 Å². The first-order valence-electron chi connectivity index (χ1n) is 5.79. The molecule has 94 valence electrons. The quantitative estimate of drug-likeness (QED) is 0.798. The zero-order chi connectivity index (χ0) is 12.5. The highest BCUT2D eigenvalue weighted by molar-refractivity contribution is 7.85. The van der Waals surface area contributed by atoms with Crippen LogP contribution in [0.3, 0.4) is 0 Å². The van der Waals surface area contributed by atoms with E-state index in [1.165, 1.54) is 24.6 Å². The topological polar surface area (TPSA) is 74.6 Å². The molecule has 4 nitrogen and oxygen atoms in total. The number of benzene rings is 1. The summed E-state index contributed by atoms with van der Waals surface area (Å²) in [5.74, 6) is 0.315. The molecule has 0 atom stereocenters. The Morgan fingerprint density at radius 2 is 1.76 bits per heavy atom. The second-order valence-corrected chi connectivity index (χ2v) is 5.95. The first kappa shape index (κ1) is 12.4. The predicted octanol–water partition coefficient (Wildman–Crippen LogP) is 2.69. The van der Waals surface area contributed by atoms with Crippen LogP contribution >= 0.6 is 0 Å². The van der Waals surface area contributed by atoms with Gasteiger partial charge in [0.1, 0.15) is 5.75 Å². The van der Waals surface area contributed by atoms with Crippen molar-refractivity contribution in [3.8, 4) is 5.75 Å². The smallest absolute Gasteiger partial charge is 0.294 e. The fourth-order valence-electron chi connectivity index (χ4n) is 2.43. The lowest BCUT2D eigenvalue weighted by molar-refractivity contribution is 0.413. The van der Waals surface area contributed by atoms with Crippen LogP contribution in [0.1, 0.15) is 43.6 Å². The Kier molecular flexibility index (Phi) is 3.40. The van der Waals surface area contributed by atoms with Gasteiger partial charge in [-0.2, -0.15) is 8.42 Å². The van der Waals surface area contributed by atoms with E-state index in [4.69, 9.17) is 4.55 Å². The molecule has 1 saturated carbocycles. The van der Waals surface area contributed by atoms with Gasteiger partial charge in [-0.3, -0.25) is 4.55 Å². The zero-order valence-electron chi connectivity index (χ0n) is 9.46. The molecule has 2 rings (SSSR count). The third kappa shape index (κ3) is 2.79. The van der Waals surface area contributed by atoms with Crippen LogP contribution in [0.5, 0.6) is 5.75 Å². The maximum atomic E-state index is 11.1. The number of phenolic OH excluding ortho intramolecular Hbond substituents is 1. The number of hydrogen-bond donors (Lipinski definition) is 2. The summed E-state index contributed by atoms with van der Waals surface area (Å²) >= 11 is 0. The number of rotatable bonds is 2. The first-order chi connectivity index (χ1) is 7.98. The first-order valence-corrected chi connectivity index (χ1v) is 7.23. The van der Waals surface area contributed by atoms with Crippen LogP contribution < -0.4 is 0 Å². The Morgan fingerprint density at radius 1 is 1.12 bits per heavy atom. The molecule has 0 aromatic heterocycles. The zero-order valence-corrected chi connectivity index (χ0v) is 10.3. The van der Waals surface area contributed by atoms with Crippen LogP contribution in [0.25, 0.3) is 0 Å². The Hall–Kier alpha value is -1.07. The molecule has 17 heavy (non-hydrogen) atoms. The number of aromatic hydroxyl groups is 1. The predicted molar refractivity (Wildman–Crippen MR) is 63.7 cm³/mol. The molecule has 0 heterocycles. The lowest BCUT2D eigenvalue weighted by atomic mass is 9.84. The summed E-state index contributed by atoms with van der Waals surface area (Å²) < 4.78 is 31.1. The Bertz CT molecular complexity index is 501. The Labute approximate surface area is 101 Å². The van der Waals surface area contributed by atoms with Gasteiger partial charge >= 0.3 is 0 Å². The highest BCUT2D eigenvalue weighted by Gasteiger charge is 2.21. The molecule has 1 aliphatic carbocycles. The summed E-state index contributed by atoms with van der Waals surface area (Å²) in [5, 5.41) is 9.78. The van der Waals surface area contributed by atoms with Crippen molar-refractivity contribution in [2.45, 2.75) is 42.9 Å². The molecule has 2 N–H and O–H groups in total. The average molecular weight is 256 g/mol. The van der Waals surface area contributed by atoms with Crippen molar-refractivity contribution < 1.29 is 18.1 Å². The van der Waals surface area contributed by atoms with Crippen molar-refractivity contribution in [2.24, 2.45) is 0 Å². The molecule has 0 amide bonds. The highest BCUT2D eigenvalue weighted by atomic mass is 32.2. The molecule has 5 heteroatoms. The van der Waals surface area contributed by atoms with E-state index in [2.05, 4.69) is 0 Å². The van der Waals surface area contributed by atoms with Crippen LogP contribution in [-0.2, 0) is 10.1 Å². The normalized spacial score (nSPS) is 18.2. The minimum Gasteiger partial charge on any atom is -0.508 e. The molecular formula is C12H16O4S. The van der Waals surface area contributed by atoms with Gasteiger partial charge in [-0.15, -0.1) is 0 Å². The fraction of sp³-hybridized carbons (Fsp3) is 0.500. The van der Waals surface area contributed by atoms with Crippen LogP contribution in [0.4, 0.5) is 0 Å². The van der Waals surface area contributed by atoms with Crippen LogP contribution in [0.2, 0.25) is 0 Å². The molecule has 0 unspecified atom stereocenters. The lowest BCUT2D eigenvalue weighted by Crippen LogP contribution is -2.06. The molecule has 1 aromatic carbocycles. The van der Waals surface area contributed by atoms with Crippen molar-refractivity contribution in [2.75, 3.05) is 0 Å². The van der Waals surface area contributed by atoms with Crippen molar-refractivity contribution in [1.29, 1.82) is 0 Å². The van der Waals surface area contributed by atoms with Gasteiger partial charge in [0.25, 0.3) is 10.1 Å². The van der Waals surface area contributed by atoms with E-state index in [1.807, 2.05) is 0 Å². The average Bonchev–Trinajstić information content (AvgIpc) is 2.29. The van der Waals surface area contributed by atoms with E-state index in [1.54, 1.807) is 0 Å². The molecule has 1 fully saturated rings. The molecule has 0 radical (unpaired) electrons. The number of phenols is 1. The van der Waals surface area contributed by atoms with Crippen molar-refractivity contribution >= 4 is 10.1 Å². The Morgan fingerprint density at radius 3 is 2.35 bits per heavy atom. The van der Waals surface area contributed by atoms with Crippen LogP contribution in [0, 0.1) is 0 Å². The van der Waals surface area contributed by atoms with Crippen molar-refractivity contribution in [3.63, 3.8) is 0 Å². The summed E-state index contributed by atoms with van der Waals surface area (Å²) in [4.78, 5) is -0.143. The standard InChI is InChI=1S/C12H16O4S/c13-12-7-6-10(17(14,15)16)8-11(12)9-4-2-1-3-5-9/h6-9,13H,1-5H2,(H,14,15,16). The Balaban J connectivity index is 2.38. The van der Waals surface area contributed by atoms with E-state index in [0.29, 0.717) is 5.56 Å². The SMILES string of the molecule is O=S(=O)(O)c1ccc(O)c(C2CCCCC2)c1. The summed E-state index contributed by atoms with van der Waals surface area (Å²) in [6.07, 6.45) is 5.31. The van der Waals surface area contributed by atoms with Gasteiger partial charge in [-0.1, -0.05) is 19.3 Å². The molecule has 0 bridgehead atoms. The monoisotopic (exact) mass is 256 g/mol. The third-order valence-electron chi connectivity index (χ3n) is 3.34. The van der Waals surface area contributed by atoms with Crippen LogP contribution in [-0.4, -0.2) is 18.1 Å². The largest absolute Gasteiger partial charge is 0.508 e. The fourth-order valence-corrected chi connectivity index (χ4v) is 2.95. The van der Waals surface area contributed by atoms with E-state index in [0.717, 1.165) is 25.7 Å². The third-order valence-corrected chi connectivity index (χ3v) is 4.19. The van der Waals surface area contributed by atoms with E-state index in [-0.39, 0.29) is 16.6 Å². The van der Waals surface area contributed by atoms with Crippen molar-refractivity contribution in [1.82, 2.24) is 0 Å². The molecule has 1 aromatic rings. The van der Waals surface area contributed by atoms with E-state index >= 15 is 0 Å². The molecule has 0 spiro atoms. The van der Waals surface area contributed by atoms with E-state index < -0.39 is 10.1 Å². The van der Waals surface area contributed by atoms with Gasteiger partial charge < -0.3 is 5.11 Å². The lowest BCUT2D eigenvalue weighted by Gasteiger charge is -2.23. The molecule has 0 aliphatic heterocycles. The minimum atomic E-state index is -4.19. The second kappa shape index (κ2) is 4.66. The highest BCUT2D eigenvalue weighted by Crippen LogP contribution is 2.37. The maximum absolute atomic E-state index is 11.1. The molecule has 0 saturated heterocycles. The van der Waals surface area contributed by atoms with Gasteiger partial charge in [-0.05, 0) is 42.5 Å². The van der Waals surface area contributed by atoms with Gasteiger partial charge in [0.05, 0.1) is 4.90 Å².